The number of halogens is 1. The first kappa shape index (κ1) is 31.2. The Morgan fingerprint density at radius 1 is 0.327 bits per heavy atom. The summed E-state index contributed by atoms with van der Waals surface area (Å²) in [4.78, 5) is 6.22. The third-order valence-electron chi connectivity index (χ3n) is 9.73. The summed E-state index contributed by atoms with van der Waals surface area (Å²) >= 11 is 0. The second-order valence-corrected chi connectivity index (χ2v) is 12.9. The Bertz CT molecular complexity index is 2560. The molecule has 0 aliphatic rings. The highest BCUT2D eigenvalue weighted by molar-refractivity contribution is 6.21. The van der Waals surface area contributed by atoms with Crippen LogP contribution in [0.15, 0.2) is 200 Å². The van der Waals surface area contributed by atoms with E-state index in [4.69, 9.17) is 0 Å². The first-order chi connectivity index (χ1) is 25.7. The van der Waals surface area contributed by atoms with Crippen molar-refractivity contribution in [1.29, 1.82) is 0 Å². The van der Waals surface area contributed by atoms with E-state index in [2.05, 4.69) is 157 Å². The van der Waals surface area contributed by atoms with E-state index in [1.54, 1.807) is 6.07 Å². The number of rotatable bonds is 7. The van der Waals surface area contributed by atoms with Gasteiger partial charge < -0.3 is 0 Å². The predicted octanol–water partition coefficient (Wildman–Crippen LogP) is 13.7. The van der Waals surface area contributed by atoms with Crippen LogP contribution in [-0.2, 0) is 0 Å². The van der Waals surface area contributed by atoms with E-state index in [0.717, 1.165) is 16.9 Å². The van der Waals surface area contributed by atoms with Gasteiger partial charge in [-0.3, -0.25) is 4.90 Å². The molecule has 0 aliphatic carbocycles. The summed E-state index contributed by atoms with van der Waals surface area (Å²) in [6.45, 7) is 0. The summed E-state index contributed by atoms with van der Waals surface area (Å²) in [6, 6.07) is 69.1. The molecule has 8 aromatic carbocycles. The zero-order valence-electron chi connectivity index (χ0n) is 28.3. The fourth-order valence-corrected chi connectivity index (χ4v) is 7.41. The Morgan fingerprint density at radius 2 is 0.750 bits per heavy atom. The molecule has 0 radical (unpaired) electrons. The van der Waals surface area contributed by atoms with Gasteiger partial charge in [0.05, 0.1) is 0 Å². The Hall–Kier alpha value is -6.84. The van der Waals surface area contributed by atoms with Gasteiger partial charge in [-0.15, -0.1) is 0 Å². The molecule has 0 saturated heterocycles. The maximum Gasteiger partial charge on any atom is 0.214 e. The normalized spacial score (nSPS) is 11.2. The summed E-state index contributed by atoms with van der Waals surface area (Å²) in [5.41, 5.74) is 11.2. The number of pyridine rings is 1. The number of aromatic nitrogens is 1. The molecule has 0 fully saturated rings. The highest BCUT2D eigenvalue weighted by Crippen LogP contribution is 2.46. The average molecular weight is 669 g/mol. The molecule has 0 aliphatic heterocycles. The minimum absolute atomic E-state index is 0.515. The molecule has 52 heavy (non-hydrogen) atoms. The van der Waals surface area contributed by atoms with Gasteiger partial charge in [0.25, 0.3) is 0 Å². The van der Waals surface area contributed by atoms with Crippen LogP contribution >= 0.6 is 0 Å². The topological polar surface area (TPSA) is 16.1 Å². The Morgan fingerprint density at radius 3 is 1.25 bits per heavy atom. The number of hydrogen-bond acceptors (Lipinski definition) is 2. The van der Waals surface area contributed by atoms with Gasteiger partial charge in [-0.25, -0.2) is 4.98 Å². The van der Waals surface area contributed by atoms with Crippen molar-refractivity contribution in [3.8, 4) is 44.5 Å². The lowest BCUT2D eigenvalue weighted by atomic mass is 9.84. The van der Waals surface area contributed by atoms with Gasteiger partial charge >= 0.3 is 0 Å². The van der Waals surface area contributed by atoms with E-state index >= 15 is 0 Å². The van der Waals surface area contributed by atoms with Crippen LogP contribution < -0.4 is 4.90 Å². The zero-order valence-corrected chi connectivity index (χ0v) is 28.3. The summed E-state index contributed by atoms with van der Waals surface area (Å²) in [7, 11) is 0. The van der Waals surface area contributed by atoms with Crippen molar-refractivity contribution in [3.63, 3.8) is 0 Å². The molecule has 246 valence electrons. The molecular weight excluding hydrogens is 636 g/mol. The van der Waals surface area contributed by atoms with Crippen molar-refractivity contribution in [2.24, 2.45) is 0 Å². The summed E-state index contributed by atoms with van der Waals surface area (Å²) in [5.74, 6) is 0.00471. The monoisotopic (exact) mass is 668 g/mol. The Labute approximate surface area is 302 Å². The van der Waals surface area contributed by atoms with Crippen molar-refractivity contribution in [2.75, 3.05) is 4.90 Å². The van der Waals surface area contributed by atoms with Gasteiger partial charge in [-0.1, -0.05) is 146 Å². The van der Waals surface area contributed by atoms with Crippen molar-refractivity contribution in [3.05, 3.63) is 206 Å². The summed E-state index contributed by atoms with van der Waals surface area (Å²) in [5, 5.41) is 4.75. The third-order valence-corrected chi connectivity index (χ3v) is 9.73. The highest BCUT2D eigenvalue weighted by Gasteiger charge is 2.19. The van der Waals surface area contributed by atoms with Crippen LogP contribution in [0.2, 0.25) is 0 Å². The lowest BCUT2D eigenvalue weighted by Gasteiger charge is -2.24. The maximum atomic E-state index is 14.4. The number of nitrogens with zero attached hydrogens (tertiary/aromatic N) is 2. The van der Waals surface area contributed by atoms with Crippen molar-refractivity contribution in [1.82, 2.24) is 4.98 Å². The Balaban J connectivity index is 1.24. The molecule has 0 N–H and O–H groups in total. The average Bonchev–Trinajstić information content (AvgIpc) is 3.21. The van der Waals surface area contributed by atoms with Crippen LogP contribution in [0.5, 0.6) is 0 Å². The number of benzene rings is 8. The van der Waals surface area contributed by atoms with E-state index in [0.29, 0.717) is 5.82 Å². The van der Waals surface area contributed by atoms with Crippen molar-refractivity contribution >= 4 is 38.7 Å². The van der Waals surface area contributed by atoms with Gasteiger partial charge in [-0.2, -0.15) is 4.39 Å². The van der Waals surface area contributed by atoms with Crippen LogP contribution in [0, 0.1) is 5.95 Å². The molecular formula is C49H33FN2. The van der Waals surface area contributed by atoms with E-state index in [1.165, 1.54) is 66.6 Å². The molecule has 3 heteroatoms. The summed E-state index contributed by atoms with van der Waals surface area (Å²) < 4.78 is 14.4. The lowest BCUT2D eigenvalue weighted by Crippen LogP contribution is -2.11. The van der Waals surface area contributed by atoms with Crippen LogP contribution in [0.25, 0.3) is 66.1 Å². The lowest BCUT2D eigenvalue weighted by molar-refractivity contribution is 0.584. The largest absolute Gasteiger partial charge is 0.295 e. The fourth-order valence-electron chi connectivity index (χ4n) is 7.41. The van der Waals surface area contributed by atoms with E-state index in [9.17, 15) is 4.39 Å². The molecule has 0 spiro atoms. The SMILES string of the molecule is Fc1cccc(N(c2ccccc2)c2ccc(-c3c4ccccc4c(-c4cc(-c5ccccc5)cc(-c5ccccc5)c4)c4ccccc34)cc2)n1. The molecule has 0 saturated carbocycles. The first-order valence-electron chi connectivity index (χ1n) is 17.5. The smallest absolute Gasteiger partial charge is 0.214 e. The first-order valence-corrected chi connectivity index (χ1v) is 17.5. The molecule has 1 heterocycles. The van der Waals surface area contributed by atoms with E-state index in [1.807, 2.05) is 41.3 Å². The number of para-hydroxylation sites is 1. The number of fused-ring (bicyclic) bond motifs is 2. The van der Waals surface area contributed by atoms with Crippen LogP contribution in [0.1, 0.15) is 0 Å². The van der Waals surface area contributed by atoms with Crippen LogP contribution in [0.4, 0.5) is 21.6 Å². The molecule has 9 aromatic rings. The minimum Gasteiger partial charge on any atom is -0.295 e. The predicted molar refractivity (Wildman–Crippen MR) is 216 cm³/mol. The quantitative estimate of drug-likeness (QED) is 0.124. The third kappa shape index (κ3) is 5.78. The number of anilines is 3. The zero-order chi connectivity index (χ0) is 34.9. The molecule has 0 unspecified atom stereocenters. The standard InChI is InChI=1S/C49H33FN2/c50-46-25-14-26-47(51-46)52(40-19-8-3-9-20-40)41-29-27-36(28-30-41)48-42-21-10-12-23-44(42)49(45-24-13-11-22-43(45)48)39-32-37(34-15-4-1-5-16-34)31-38(33-39)35-17-6-2-7-18-35/h1-33H. The van der Waals surface area contributed by atoms with Gasteiger partial charge in [0.2, 0.25) is 5.95 Å². The molecule has 2 nitrogen and oxygen atoms in total. The van der Waals surface area contributed by atoms with Gasteiger partial charge in [-0.05, 0) is 121 Å². The molecule has 0 amide bonds. The minimum atomic E-state index is -0.515. The molecule has 9 rings (SSSR count). The van der Waals surface area contributed by atoms with Crippen molar-refractivity contribution < 1.29 is 4.39 Å². The molecule has 1 aromatic heterocycles. The number of hydrogen-bond donors (Lipinski definition) is 0. The second-order valence-electron chi connectivity index (χ2n) is 12.9. The second kappa shape index (κ2) is 13.5. The van der Waals surface area contributed by atoms with Crippen LogP contribution in [0.3, 0.4) is 0 Å². The Kier molecular flexibility index (Phi) is 8.07. The fraction of sp³-hybridized carbons (Fsp3) is 0. The van der Waals surface area contributed by atoms with Crippen molar-refractivity contribution in [2.45, 2.75) is 0 Å². The van der Waals surface area contributed by atoms with Gasteiger partial charge in [0, 0.05) is 11.4 Å². The van der Waals surface area contributed by atoms with E-state index < -0.39 is 5.95 Å². The molecule has 0 bridgehead atoms. The van der Waals surface area contributed by atoms with E-state index in [-0.39, 0.29) is 0 Å². The van der Waals surface area contributed by atoms with Crippen LogP contribution in [-0.4, -0.2) is 4.98 Å². The maximum absolute atomic E-state index is 14.4. The molecule has 0 atom stereocenters. The summed E-state index contributed by atoms with van der Waals surface area (Å²) in [6.07, 6.45) is 0. The highest BCUT2D eigenvalue weighted by atomic mass is 19.1. The van der Waals surface area contributed by atoms with Gasteiger partial charge in [0.15, 0.2) is 0 Å². The van der Waals surface area contributed by atoms with Gasteiger partial charge in [0.1, 0.15) is 5.82 Å².